The van der Waals surface area contributed by atoms with Crippen LogP contribution in [-0.4, -0.2) is 31.6 Å². The number of hydrogen-bond acceptors (Lipinski definition) is 4. The highest BCUT2D eigenvalue weighted by Crippen LogP contribution is 2.01. The third-order valence-electron chi connectivity index (χ3n) is 2.04. The van der Waals surface area contributed by atoms with Gasteiger partial charge in [0.05, 0.1) is 6.61 Å². The van der Waals surface area contributed by atoms with Gasteiger partial charge in [-0.15, -0.1) is 0 Å². The number of rotatable bonds is 10. The molecule has 0 bridgehead atoms. The fourth-order valence-corrected chi connectivity index (χ4v) is 1.24. The molecule has 4 heteroatoms. The quantitative estimate of drug-likeness (QED) is 0.327. The number of carbonyl (C=O) groups is 2. The molecule has 0 aliphatic carbocycles. The number of hydrogen-bond donors (Lipinski definition) is 0. The van der Waals surface area contributed by atoms with Crippen molar-refractivity contribution in [1.82, 2.24) is 0 Å². The third kappa shape index (κ3) is 11.2. The van der Waals surface area contributed by atoms with Crippen LogP contribution in [0.5, 0.6) is 0 Å². The van der Waals surface area contributed by atoms with E-state index < -0.39 is 5.97 Å². The van der Waals surface area contributed by atoms with Crippen molar-refractivity contribution in [2.24, 2.45) is 0 Å². The van der Waals surface area contributed by atoms with E-state index in [2.05, 4.69) is 0 Å². The van der Waals surface area contributed by atoms with Crippen molar-refractivity contribution < 1.29 is 19.1 Å². The van der Waals surface area contributed by atoms with Gasteiger partial charge in [0.2, 0.25) is 0 Å². The standard InChI is InChI=1S/C12H22O4/c1-3-15-8-6-4-5-7-9-16-12(14)10-11(2)13/h3-10H2,1-2H3. The van der Waals surface area contributed by atoms with Crippen molar-refractivity contribution in [1.29, 1.82) is 0 Å². The molecule has 94 valence electrons. The monoisotopic (exact) mass is 230 g/mol. The molecule has 0 saturated heterocycles. The van der Waals surface area contributed by atoms with Crippen LogP contribution in [0.25, 0.3) is 0 Å². The second-order valence-corrected chi connectivity index (χ2v) is 3.71. The van der Waals surface area contributed by atoms with Gasteiger partial charge >= 0.3 is 5.97 Å². The summed E-state index contributed by atoms with van der Waals surface area (Å²) in [5, 5.41) is 0. The second-order valence-electron chi connectivity index (χ2n) is 3.71. The van der Waals surface area contributed by atoms with Gasteiger partial charge in [0.1, 0.15) is 12.2 Å². The lowest BCUT2D eigenvalue weighted by molar-refractivity contribution is -0.145. The highest BCUT2D eigenvalue weighted by Gasteiger charge is 2.05. The zero-order valence-corrected chi connectivity index (χ0v) is 10.3. The van der Waals surface area contributed by atoms with Gasteiger partial charge < -0.3 is 9.47 Å². The molecule has 0 radical (unpaired) electrons. The van der Waals surface area contributed by atoms with Gasteiger partial charge in [0, 0.05) is 13.2 Å². The predicted octanol–water partition coefficient (Wildman–Crippen LogP) is 2.11. The maximum absolute atomic E-state index is 11.0. The van der Waals surface area contributed by atoms with E-state index >= 15 is 0 Å². The van der Waals surface area contributed by atoms with Crippen LogP contribution in [0.3, 0.4) is 0 Å². The molecule has 0 atom stereocenters. The molecule has 0 aromatic heterocycles. The summed E-state index contributed by atoms with van der Waals surface area (Å²) in [7, 11) is 0. The van der Waals surface area contributed by atoms with Crippen molar-refractivity contribution in [3.05, 3.63) is 0 Å². The van der Waals surface area contributed by atoms with Gasteiger partial charge in [-0.05, 0) is 33.1 Å². The molecule has 16 heavy (non-hydrogen) atoms. The molecule has 0 spiro atoms. The van der Waals surface area contributed by atoms with Crippen molar-refractivity contribution >= 4 is 11.8 Å². The van der Waals surface area contributed by atoms with E-state index in [0.29, 0.717) is 6.61 Å². The summed E-state index contributed by atoms with van der Waals surface area (Å²) in [4.78, 5) is 21.5. The Morgan fingerprint density at radius 3 is 2.19 bits per heavy atom. The Morgan fingerprint density at radius 2 is 1.62 bits per heavy atom. The van der Waals surface area contributed by atoms with Crippen LogP contribution in [0.15, 0.2) is 0 Å². The van der Waals surface area contributed by atoms with E-state index in [0.717, 1.165) is 38.9 Å². The first-order valence-electron chi connectivity index (χ1n) is 5.89. The summed E-state index contributed by atoms with van der Waals surface area (Å²) in [6, 6.07) is 0. The van der Waals surface area contributed by atoms with Gasteiger partial charge in [0.15, 0.2) is 0 Å². The Kier molecular flexibility index (Phi) is 10.0. The van der Waals surface area contributed by atoms with Crippen molar-refractivity contribution in [2.75, 3.05) is 19.8 Å². The van der Waals surface area contributed by atoms with Gasteiger partial charge in [-0.1, -0.05) is 6.42 Å². The van der Waals surface area contributed by atoms with Crippen LogP contribution in [0.2, 0.25) is 0 Å². The molecular weight excluding hydrogens is 208 g/mol. The first-order chi connectivity index (χ1) is 7.66. The van der Waals surface area contributed by atoms with E-state index in [-0.39, 0.29) is 12.2 Å². The minimum absolute atomic E-state index is 0.107. The second kappa shape index (κ2) is 10.6. The summed E-state index contributed by atoms with van der Waals surface area (Å²) >= 11 is 0. The molecule has 0 saturated carbocycles. The fraction of sp³-hybridized carbons (Fsp3) is 0.833. The minimum Gasteiger partial charge on any atom is -0.465 e. The van der Waals surface area contributed by atoms with E-state index in [1.807, 2.05) is 6.92 Å². The van der Waals surface area contributed by atoms with E-state index in [1.54, 1.807) is 0 Å². The molecule has 0 heterocycles. The highest BCUT2D eigenvalue weighted by atomic mass is 16.5. The summed E-state index contributed by atoms with van der Waals surface area (Å²) in [5.41, 5.74) is 0. The summed E-state index contributed by atoms with van der Waals surface area (Å²) in [5.74, 6) is -0.566. The molecule has 0 aliphatic heterocycles. The van der Waals surface area contributed by atoms with Crippen LogP contribution >= 0.6 is 0 Å². The largest absolute Gasteiger partial charge is 0.465 e. The predicted molar refractivity (Wildman–Crippen MR) is 61.2 cm³/mol. The molecule has 0 aromatic carbocycles. The third-order valence-corrected chi connectivity index (χ3v) is 2.04. The number of carbonyl (C=O) groups excluding carboxylic acids is 2. The van der Waals surface area contributed by atoms with Crippen molar-refractivity contribution in [2.45, 2.75) is 46.0 Å². The fourth-order valence-electron chi connectivity index (χ4n) is 1.24. The van der Waals surface area contributed by atoms with Crippen LogP contribution in [0.1, 0.15) is 46.0 Å². The molecule has 0 rings (SSSR count). The Bertz CT molecular complexity index is 201. The van der Waals surface area contributed by atoms with Gasteiger partial charge in [0.25, 0.3) is 0 Å². The van der Waals surface area contributed by atoms with E-state index in [1.165, 1.54) is 6.92 Å². The topological polar surface area (TPSA) is 52.6 Å². The normalized spacial score (nSPS) is 10.1. The zero-order valence-electron chi connectivity index (χ0n) is 10.3. The van der Waals surface area contributed by atoms with Gasteiger partial charge in [-0.3, -0.25) is 9.59 Å². The first-order valence-corrected chi connectivity index (χ1v) is 5.89. The smallest absolute Gasteiger partial charge is 0.313 e. The lowest BCUT2D eigenvalue weighted by Gasteiger charge is -2.03. The molecule has 0 unspecified atom stereocenters. The Balaban J connectivity index is 3.14. The van der Waals surface area contributed by atoms with Crippen molar-refractivity contribution in [3.8, 4) is 0 Å². The number of unbranched alkanes of at least 4 members (excludes halogenated alkanes) is 3. The summed E-state index contributed by atoms with van der Waals surface area (Å²) in [6.45, 7) is 5.35. The maximum atomic E-state index is 11.0. The average Bonchev–Trinajstić information content (AvgIpc) is 2.21. The maximum Gasteiger partial charge on any atom is 0.313 e. The lowest BCUT2D eigenvalue weighted by Crippen LogP contribution is -2.09. The molecule has 0 fully saturated rings. The summed E-state index contributed by atoms with van der Waals surface area (Å²) in [6.07, 6.45) is 3.92. The Labute approximate surface area is 97.3 Å². The number of ketones is 1. The zero-order chi connectivity index (χ0) is 12.2. The van der Waals surface area contributed by atoms with Crippen LogP contribution < -0.4 is 0 Å². The van der Waals surface area contributed by atoms with Crippen LogP contribution in [-0.2, 0) is 19.1 Å². The average molecular weight is 230 g/mol. The molecule has 0 N–H and O–H groups in total. The van der Waals surface area contributed by atoms with E-state index in [4.69, 9.17) is 9.47 Å². The van der Waals surface area contributed by atoms with Crippen LogP contribution in [0, 0.1) is 0 Å². The Morgan fingerprint density at radius 1 is 1.00 bits per heavy atom. The first kappa shape index (κ1) is 15.1. The van der Waals surface area contributed by atoms with Crippen molar-refractivity contribution in [3.63, 3.8) is 0 Å². The van der Waals surface area contributed by atoms with Gasteiger partial charge in [-0.25, -0.2) is 0 Å². The lowest BCUT2D eigenvalue weighted by atomic mass is 10.2. The number of ether oxygens (including phenoxy) is 2. The molecule has 0 amide bonds. The number of esters is 1. The summed E-state index contributed by atoms with van der Waals surface area (Å²) < 4.78 is 10.1. The number of Topliss-reactive ketones (excluding diaryl/α,β-unsaturated/α-hetero) is 1. The van der Waals surface area contributed by atoms with Gasteiger partial charge in [-0.2, -0.15) is 0 Å². The minimum atomic E-state index is -0.415. The molecule has 4 nitrogen and oxygen atoms in total. The van der Waals surface area contributed by atoms with Crippen LogP contribution in [0.4, 0.5) is 0 Å². The molecule has 0 aromatic rings. The molecular formula is C12H22O4. The molecule has 0 aliphatic rings. The highest BCUT2D eigenvalue weighted by molar-refractivity contribution is 5.94. The van der Waals surface area contributed by atoms with E-state index in [9.17, 15) is 9.59 Å². The Hall–Kier alpha value is -0.900. The SMILES string of the molecule is CCOCCCCCCOC(=O)CC(C)=O.